The molecule has 0 aromatic heterocycles. The molecule has 0 aliphatic carbocycles. The van der Waals surface area contributed by atoms with Gasteiger partial charge in [0.25, 0.3) is 6.48 Å². The highest BCUT2D eigenvalue weighted by molar-refractivity contribution is 5.25. The minimum absolute atomic E-state index is 0.00503. The van der Waals surface area contributed by atoms with Gasteiger partial charge >= 0.3 is 6.18 Å². The second-order valence-electron chi connectivity index (χ2n) is 10.1. The highest BCUT2D eigenvalue weighted by atomic mass is 19.4. The standard InChI is InChI=1S/C29H49F3O3/c1-6-7-8-9-10-11-14-20-27(35-28(33-23(2)3)34-24(4)5)21-15-12-13-17-25-18-16-19-26(22-25)29(30,31)32/h16,18-19,22-24,27-28H,6-15,17,20-21H2,1-5H3. The smallest absolute Gasteiger partial charge is 0.327 e. The van der Waals surface area contributed by atoms with Crippen LogP contribution in [0.2, 0.25) is 0 Å². The summed E-state index contributed by atoms with van der Waals surface area (Å²) in [4.78, 5) is 0. The summed E-state index contributed by atoms with van der Waals surface area (Å²) < 4.78 is 56.8. The monoisotopic (exact) mass is 502 g/mol. The average Bonchev–Trinajstić information content (AvgIpc) is 2.76. The quantitative estimate of drug-likeness (QED) is 0.131. The molecule has 1 rings (SSSR count). The molecule has 1 unspecified atom stereocenters. The fourth-order valence-corrected chi connectivity index (χ4v) is 4.09. The molecule has 0 heterocycles. The third-order valence-electron chi connectivity index (χ3n) is 5.95. The van der Waals surface area contributed by atoms with Crippen molar-refractivity contribution < 1.29 is 27.4 Å². The Labute approximate surface area is 212 Å². The molecule has 0 saturated heterocycles. The Morgan fingerprint density at radius 3 is 1.80 bits per heavy atom. The van der Waals surface area contributed by atoms with E-state index in [1.807, 2.05) is 27.7 Å². The molecule has 0 aliphatic rings. The maximum absolute atomic E-state index is 12.9. The Morgan fingerprint density at radius 2 is 1.26 bits per heavy atom. The van der Waals surface area contributed by atoms with E-state index in [0.717, 1.165) is 50.2 Å². The molecule has 0 aliphatic heterocycles. The van der Waals surface area contributed by atoms with Crippen LogP contribution in [0.25, 0.3) is 0 Å². The van der Waals surface area contributed by atoms with Gasteiger partial charge < -0.3 is 14.2 Å². The van der Waals surface area contributed by atoms with Gasteiger partial charge in [0.1, 0.15) is 0 Å². The number of unbranched alkanes of at least 4 members (excludes halogenated alkanes) is 8. The first-order chi connectivity index (χ1) is 16.6. The first kappa shape index (κ1) is 31.9. The maximum Gasteiger partial charge on any atom is 0.416 e. The van der Waals surface area contributed by atoms with Crippen molar-refractivity contribution >= 4 is 0 Å². The molecule has 0 bridgehead atoms. The van der Waals surface area contributed by atoms with Gasteiger partial charge in [-0.15, -0.1) is 0 Å². The van der Waals surface area contributed by atoms with Crippen LogP contribution >= 0.6 is 0 Å². The summed E-state index contributed by atoms with van der Waals surface area (Å²) in [7, 11) is 0. The lowest BCUT2D eigenvalue weighted by molar-refractivity contribution is -0.327. The Bertz CT molecular complexity index is 636. The van der Waals surface area contributed by atoms with Crippen LogP contribution in [0, 0.1) is 0 Å². The van der Waals surface area contributed by atoms with Gasteiger partial charge in [0.05, 0.1) is 23.9 Å². The third-order valence-corrected chi connectivity index (χ3v) is 5.95. The van der Waals surface area contributed by atoms with Gasteiger partial charge in [0.15, 0.2) is 0 Å². The first-order valence-electron chi connectivity index (χ1n) is 13.7. The van der Waals surface area contributed by atoms with Gasteiger partial charge in [0, 0.05) is 0 Å². The van der Waals surface area contributed by atoms with E-state index in [2.05, 4.69) is 6.92 Å². The van der Waals surface area contributed by atoms with Crippen LogP contribution in [0.15, 0.2) is 24.3 Å². The second-order valence-corrected chi connectivity index (χ2v) is 10.1. The molecule has 6 heteroatoms. The number of ether oxygens (including phenoxy) is 3. The number of rotatable bonds is 20. The summed E-state index contributed by atoms with van der Waals surface area (Å²) in [6.07, 6.45) is 9.87. The van der Waals surface area contributed by atoms with Crippen LogP contribution in [-0.2, 0) is 26.8 Å². The normalized spacial score (nSPS) is 13.3. The molecule has 204 valence electrons. The molecule has 1 aromatic rings. The SMILES string of the molecule is CCCCCCCCCC(CCCCCc1cccc(C(F)(F)F)c1)OC(OC(C)C)OC(C)C. The van der Waals surface area contributed by atoms with E-state index < -0.39 is 18.2 Å². The van der Waals surface area contributed by atoms with Crippen molar-refractivity contribution in [2.75, 3.05) is 0 Å². The average molecular weight is 503 g/mol. The summed E-state index contributed by atoms with van der Waals surface area (Å²) in [5.74, 6) is 0. The molecule has 0 spiro atoms. The molecular formula is C29H49F3O3. The van der Waals surface area contributed by atoms with Crippen LogP contribution in [0.4, 0.5) is 13.2 Å². The van der Waals surface area contributed by atoms with E-state index in [4.69, 9.17) is 14.2 Å². The van der Waals surface area contributed by atoms with Crippen LogP contribution < -0.4 is 0 Å². The topological polar surface area (TPSA) is 27.7 Å². The van der Waals surface area contributed by atoms with Crippen molar-refractivity contribution in [3.8, 4) is 0 Å². The molecule has 35 heavy (non-hydrogen) atoms. The van der Waals surface area contributed by atoms with E-state index >= 15 is 0 Å². The summed E-state index contributed by atoms with van der Waals surface area (Å²) in [6.45, 7) is 9.45. The van der Waals surface area contributed by atoms with Crippen LogP contribution in [-0.4, -0.2) is 24.8 Å². The minimum atomic E-state index is -4.29. The van der Waals surface area contributed by atoms with Crippen molar-refractivity contribution in [3.63, 3.8) is 0 Å². The highest BCUT2D eigenvalue weighted by Crippen LogP contribution is 2.30. The lowest BCUT2D eigenvalue weighted by Gasteiger charge is -2.27. The predicted molar refractivity (Wildman–Crippen MR) is 137 cm³/mol. The van der Waals surface area contributed by atoms with E-state index in [1.54, 1.807) is 6.07 Å². The fourth-order valence-electron chi connectivity index (χ4n) is 4.09. The number of alkyl halides is 3. The zero-order valence-corrected chi connectivity index (χ0v) is 22.7. The number of aryl methyl sites for hydroxylation is 1. The molecule has 1 aromatic carbocycles. The van der Waals surface area contributed by atoms with Gasteiger partial charge in [-0.25, -0.2) is 0 Å². The molecule has 0 amide bonds. The lowest BCUT2D eigenvalue weighted by Crippen LogP contribution is -2.31. The van der Waals surface area contributed by atoms with E-state index in [-0.39, 0.29) is 18.3 Å². The largest absolute Gasteiger partial charge is 0.416 e. The first-order valence-corrected chi connectivity index (χ1v) is 13.7. The molecular weight excluding hydrogens is 453 g/mol. The highest BCUT2D eigenvalue weighted by Gasteiger charge is 2.30. The van der Waals surface area contributed by atoms with Crippen molar-refractivity contribution in [2.24, 2.45) is 0 Å². The summed E-state index contributed by atoms with van der Waals surface area (Å²) in [5, 5.41) is 0. The van der Waals surface area contributed by atoms with Gasteiger partial charge in [-0.05, 0) is 65.0 Å². The fraction of sp³-hybridized carbons (Fsp3) is 0.793. The van der Waals surface area contributed by atoms with Crippen molar-refractivity contribution in [1.82, 2.24) is 0 Å². The van der Waals surface area contributed by atoms with Gasteiger partial charge in [-0.2, -0.15) is 13.2 Å². The van der Waals surface area contributed by atoms with Crippen molar-refractivity contribution in [1.29, 1.82) is 0 Å². The number of hydrogen-bond acceptors (Lipinski definition) is 3. The minimum Gasteiger partial charge on any atom is -0.327 e. The number of benzene rings is 1. The Kier molecular flexibility index (Phi) is 16.6. The number of halogens is 3. The summed E-state index contributed by atoms with van der Waals surface area (Å²) in [5.41, 5.74) is 0.172. The number of hydrogen-bond donors (Lipinski definition) is 0. The van der Waals surface area contributed by atoms with Gasteiger partial charge in [-0.3, -0.25) is 0 Å². The van der Waals surface area contributed by atoms with Gasteiger partial charge in [0.2, 0.25) is 0 Å². The van der Waals surface area contributed by atoms with Gasteiger partial charge in [-0.1, -0.05) is 82.9 Å². The van der Waals surface area contributed by atoms with E-state index in [9.17, 15) is 13.2 Å². The Morgan fingerprint density at radius 1 is 0.714 bits per heavy atom. The molecule has 0 saturated carbocycles. The Balaban J connectivity index is 2.51. The zero-order valence-electron chi connectivity index (χ0n) is 22.7. The third kappa shape index (κ3) is 16.3. The maximum atomic E-state index is 12.9. The molecule has 0 fully saturated rings. The van der Waals surface area contributed by atoms with Crippen LogP contribution in [0.1, 0.15) is 123 Å². The van der Waals surface area contributed by atoms with Crippen molar-refractivity contribution in [3.05, 3.63) is 35.4 Å². The van der Waals surface area contributed by atoms with Crippen LogP contribution in [0.3, 0.4) is 0 Å². The predicted octanol–water partition coefficient (Wildman–Crippen LogP) is 9.47. The van der Waals surface area contributed by atoms with Crippen molar-refractivity contribution in [2.45, 2.75) is 149 Å². The van der Waals surface area contributed by atoms with Crippen LogP contribution in [0.5, 0.6) is 0 Å². The molecule has 3 nitrogen and oxygen atoms in total. The Hall–Kier alpha value is -1.11. The summed E-state index contributed by atoms with van der Waals surface area (Å²) in [6, 6.07) is 5.67. The molecule has 1 atom stereocenters. The second kappa shape index (κ2) is 18.2. The van der Waals surface area contributed by atoms with E-state index in [1.165, 1.54) is 50.7 Å². The van der Waals surface area contributed by atoms with E-state index in [0.29, 0.717) is 6.42 Å². The zero-order chi connectivity index (χ0) is 26.1. The molecule has 0 N–H and O–H groups in total. The molecule has 0 radical (unpaired) electrons. The summed E-state index contributed by atoms with van der Waals surface area (Å²) >= 11 is 0. The lowest BCUT2D eigenvalue weighted by atomic mass is 10.0.